The minimum atomic E-state index is -0.217. The molecule has 0 bridgehead atoms. The number of nitrogens with zero attached hydrogens (tertiary/aromatic N) is 2. The molecule has 0 aliphatic carbocycles. The molecule has 1 aromatic rings. The summed E-state index contributed by atoms with van der Waals surface area (Å²) in [7, 11) is 0. The van der Waals surface area contributed by atoms with Gasteiger partial charge in [0.1, 0.15) is 4.32 Å². The minimum absolute atomic E-state index is 0.136. The zero-order valence-corrected chi connectivity index (χ0v) is 13.7. The van der Waals surface area contributed by atoms with Gasteiger partial charge < -0.3 is 4.90 Å². The summed E-state index contributed by atoms with van der Waals surface area (Å²) in [5.41, 5.74) is 2.11. The van der Waals surface area contributed by atoms with Gasteiger partial charge in [-0.05, 0) is 13.0 Å². The molecule has 112 valence electrons. The highest BCUT2D eigenvalue weighted by Gasteiger charge is 2.41. The first-order valence-electron chi connectivity index (χ1n) is 6.90. The van der Waals surface area contributed by atoms with Crippen molar-refractivity contribution in [3.05, 3.63) is 47.4 Å². The molecule has 1 saturated heterocycles. The highest BCUT2D eigenvalue weighted by molar-refractivity contribution is 8.26. The smallest absolute Gasteiger partial charge is 0.267 e. The second-order valence-electron chi connectivity index (χ2n) is 4.84. The van der Waals surface area contributed by atoms with Crippen molar-refractivity contribution in [2.75, 3.05) is 18.0 Å². The molecular formula is C16H14N2O2S2. The average molecular weight is 330 g/mol. The number of benzene rings is 1. The van der Waals surface area contributed by atoms with Gasteiger partial charge in [-0.25, -0.2) is 0 Å². The zero-order chi connectivity index (χ0) is 15.9. The maximum Gasteiger partial charge on any atom is 0.267 e. The van der Waals surface area contributed by atoms with Crippen LogP contribution in [-0.4, -0.2) is 34.1 Å². The van der Waals surface area contributed by atoms with Gasteiger partial charge in [0.2, 0.25) is 0 Å². The lowest BCUT2D eigenvalue weighted by molar-refractivity contribution is -0.122. The lowest BCUT2D eigenvalue weighted by Gasteiger charge is -2.13. The minimum Gasteiger partial charge on any atom is -0.308 e. The van der Waals surface area contributed by atoms with Crippen molar-refractivity contribution in [2.45, 2.75) is 6.92 Å². The van der Waals surface area contributed by atoms with Crippen molar-refractivity contribution in [1.82, 2.24) is 4.90 Å². The number of thiocarbonyl (C=S) groups is 1. The first kappa shape index (κ1) is 15.0. The average Bonchev–Trinajstić information content (AvgIpc) is 2.95. The van der Waals surface area contributed by atoms with Crippen LogP contribution in [0.2, 0.25) is 0 Å². The maximum atomic E-state index is 12.7. The number of carbonyl (C=O) groups is 2. The van der Waals surface area contributed by atoms with Gasteiger partial charge >= 0.3 is 0 Å². The molecule has 0 atom stereocenters. The van der Waals surface area contributed by atoms with Crippen LogP contribution in [0.4, 0.5) is 5.69 Å². The van der Waals surface area contributed by atoms with Crippen LogP contribution in [0.25, 0.3) is 5.57 Å². The lowest BCUT2D eigenvalue weighted by Crippen LogP contribution is -2.29. The summed E-state index contributed by atoms with van der Waals surface area (Å²) in [6, 6.07) is 7.53. The lowest BCUT2D eigenvalue weighted by atomic mass is 10.1. The monoisotopic (exact) mass is 330 g/mol. The second-order valence-corrected chi connectivity index (χ2v) is 6.49. The van der Waals surface area contributed by atoms with Crippen LogP contribution >= 0.6 is 24.0 Å². The standard InChI is InChI=1S/C16H14N2O2S2/c1-3-9-18-15(20)13(22-16(18)21)12-10-7-5-6-8-11(10)17(4-2)14(12)19/h3,5-8H,1,4,9H2,2H3. The predicted octanol–water partition coefficient (Wildman–Crippen LogP) is 2.81. The van der Waals surface area contributed by atoms with Crippen LogP contribution in [-0.2, 0) is 9.59 Å². The Labute approximate surface area is 138 Å². The topological polar surface area (TPSA) is 40.6 Å². The van der Waals surface area contributed by atoms with Crippen molar-refractivity contribution < 1.29 is 9.59 Å². The number of carbonyl (C=O) groups excluding carboxylic acids is 2. The summed E-state index contributed by atoms with van der Waals surface area (Å²) in [5.74, 6) is -0.353. The van der Waals surface area contributed by atoms with E-state index >= 15 is 0 Å². The second kappa shape index (κ2) is 5.70. The van der Waals surface area contributed by atoms with Gasteiger partial charge in [-0.15, -0.1) is 6.58 Å². The molecule has 3 rings (SSSR count). The number of rotatable bonds is 3. The predicted molar refractivity (Wildman–Crippen MR) is 93.5 cm³/mol. The van der Waals surface area contributed by atoms with E-state index in [1.807, 2.05) is 31.2 Å². The molecule has 22 heavy (non-hydrogen) atoms. The number of likely N-dealkylation sites (N-methyl/N-ethyl adjacent to an activating group) is 1. The van der Waals surface area contributed by atoms with E-state index in [2.05, 4.69) is 6.58 Å². The van der Waals surface area contributed by atoms with E-state index in [0.29, 0.717) is 27.9 Å². The molecule has 0 saturated carbocycles. The number of thioether (sulfide) groups is 1. The van der Waals surface area contributed by atoms with Gasteiger partial charge in [0, 0.05) is 18.7 Å². The van der Waals surface area contributed by atoms with Gasteiger partial charge in [-0.3, -0.25) is 14.5 Å². The fraction of sp³-hybridized carbons (Fsp3) is 0.188. The van der Waals surface area contributed by atoms with E-state index in [-0.39, 0.29) is 11.8 Å². The van der Waals surface area contributed by atoms with Gasteiger partial charge in [-0.1, -0.05) is 48.3 Å². The number of para-hydroxylation sites is 1. The van der Waals surface area contributed by atoms with Crippen molar-refractivity contribution in [3.8, 4) is 0 Å². The number of hydrogen-bond donors (Lipinski definition) is 0. The van der Waals surface area contributed by atoms with E-state index in [1.165, 1.54) is 16.7 Å². The Hall–Kier alpha value is -1.92. The molecular weight excluding hydrogens is 316 g/mol. The molecule has 1 fully saturated rings. The third-order valence-electron chi connectivity index (χ3n) is 3.63. The highest BCUT2D eigenvalue weighted by Crippen LogP contribution is 2.44. The van der Waals surface area contributed by atoms with E-state index < -0.39 is 0 Å². The van der Waals surface area contributed by atoms with E-state index in [9.17, 15) is 9.59 Å². The van der Waals surface area contributed by atoms with Crippen LogP contribution in [0.15, 0.2) is 41.8 Å². The van der Waals surface area contributed by atoms with Gasteiger partial charge in [0.25, 0.3) is 11.8 Å². The Balaban J connectivity index is 2.16. The van der Waals surface area contributed by atoms with E-state index in [0.717, 1.165) is 11.3 Å². The van der Waals surface area contributed by atoms with Crippen LogP contribution < -0.4 is 4.90 Å². The summed E-state index contributed by atoms with van der Waals surface area (Å²) < 4.78 is 0.465. The third-order valence-corrected chi connectivity index (χ3v) is 5.08. The van der Waals surface area contributed by atoms with E-state index in [1.54, 1.807) is 11.0 Å². The molecule has 2 heterocycles. The third kappa shape index (κ3) is 2.10. The first-order valence-corrected chi connectivity index (χ1v) is 8.12. The number of anilines is 1. The molecule has 0 spiro atoms. The molecule has 6 heteroatoms. The molecule has 2 aliphatic rings. The van der Waals surface area contributed by atoms with Crippen molar-refractivity contribution in [1.29, 1.82) is 0 Å². The number of fused-ring (bicyclic) bond motifs is 1. The highest BCUT2D eigenvalue weighted by atomic mass is 32.2. The quantitative estimate of drug-likeness (QED) is 0.485. The Kier molecular flexibility index (Phi) is 3.88. The largest absolute Gasteiger partial charge is 0.308 e. The maximum absolute atomic E-state index is 12.7. The molecule has 1 aromatic carbocycles. The molecule has 4 nitrogen and oxygen atoms in total. The molecule has 2 aliphatic heterocycles. The molecule has 2 amide bonds. The van der Waals surface area contributed by atoms with Crippen molar-refractivity contribution in [3.63, 3.8) is 0 Å². The van der Waals surface area contributed by atoms with Gasteiger partial charge in [0.15, 0.2) is 0 Å². The molecule has 0 N–H and O–H groups in total. The summed E-state index contributed by atoms with van der Waals surface area (Å²) in [4.78, 5) is 28.9. The van der Waals surface area contributed by atoms with Gasteiger partial charge in [0.05, 0.1) is 16.2 Å². The van der Waals surface area contributed by atoms with Crippen molar-refractivity contribution in [2.24, 2.45) is 0 Å². The van der Waals surface area contributed by atoms with Gasteiger partial charge in [-0.2, -0.15) is 0 Å². The van der Waals surface area contributed by atoms with Crippen LogP contribution in [0, 0.1) is 0 Å². The molecule has 0 aromatic heterocycles. The zero-order valence-electron chi connectivity index (χ0n) is 12.0. The van der Waals surface area contributed by atoms with Crippen LogP contribution in [0.1, 0.15) is 12.5 Å². The number of amides is 2. The molecule has 0 unspecified atom stereocenters. The summed E-state index contributed by atoms with van der Waals surface area (Å²) in [6.07, 6.45) is 1.63. The SMILES string of the molecule is C=CCN1C(=O)C(=C2C(=O)N(CC)c3ccccc32)SC1=S. The molecule has 0 radical (unpaired) electrons. The van der Waals surface area contributed by atoms with Crippen LogP contribution in [0.5, 0.6) is 0 Å². The van der Waals surface area contributed by atoms with E-state index in [4.69, 9.17) is 12.2 Å². The van der Waals surface area contributed by atoms with Crippen molar-refractivity contribution >= 4 is 51.4 Å². The fourth-order valence-electron chi connectivity index (χ4n) is 2.65. The summed E-state index contributed by atoms with van der Waals surface area (Å²) in [6.45, 7) is 6.47. The Morgan fingerprint density at radius 3 is 2.64 bits per heavy atom. The Morgan fingerprint density at radius 1 is 1.23 bits per heavy atom. The summed E-state index contributed by atoms with van der Waals surface area (Å²) in [5, 5.41) is 0. The fourth-order valence-corrected chi connectivity index (χ4v) is 4.00. The Morgan fingerprint density at radius 2 is 1.95 bits per heavy atom. The normalized spacial score (nSPS) is 20.9. The Bertz CT molecular complexity index is 739. The first-order chi connectivity index (χ1) is 10.6. The van der Waals surface area contributed by atoms with Crippen LogP contribution in [0.3, 0.4) is 0 Å². The number of hydrogen-bond acceptors (Lipinski definition) is 4. The summed E-state index contributed by atoms with van der Waals surface area (Å²) >= 11 is 6.44.